The molecule has 0 heterocycles. The third-order valence-corrected chi connectivity index (χ3v) is 15.2. The van der Waals surface area contributed by atoms with Gasteiger partial charge in [-0.1, -0.05) is 177 Å². The highest BCUT2D eigenvalue weighted by Gasteiger charge is 2.25. The Morgan fingerprint density at radius 1 is 0.375 bits per heavy atom. The van der Waals surface area contributed by atoms with Crippen LogP contribution < -0.4 is 0 Å². The van der Waals surface area contributed by atoms with Gasteiger partial charge in [0.2, 0.25) is 0 Å². The van der Waals surface area contributed by atoms with E-state index in [-0.39, 0.29) is 0 Å². The van der Waals surface area contributed by atoms with Gasteiger partial charge in [-0.2, -0.15) is 0 Å². The summed E-state index contributed by atoms with van der Waals surface area (Å²) in [6, 6.07) is 28.2. The first-order valence-corrected chi connectivity index (χ1v) is 23.6. The number of hydrogen-bond donors (Lipinski definition) is 0. The largest absolute Gasteiger partial charge is 0.0897 e. The molecule has 3 aromatic carbocycles. The highest BCUT2D eigenvalue weighted by Crippen LogP contribution is 2.38. The highest BCUT2D eigenvalue weighted by atomic mass is 14.3. The lowest BCUT2D eigenvalue weighted by Crippen LogP contribution is -2.15. The standard InChI is InChI=1S/C56H74/c1-41-5-13-47(14-6-41)37-49-27-31-53(32-28-49)55(39-51-17-9-43(3)10-18-51)35-25-45-21-23-46(24-22-45)26-36-56(40-52-19-11-44(4)12-20-52)54-33-29-50(30-34-54)38-48-15-7-42(2)8-16-48/h21-24,27-34,41-44,47-48,51-52,55-56H,5-20,37-40H2,1-4H3. The molecular formula is C56H74. The summed E-state index contributed by atoms with van der Waals surface area (Å²) in [5, 5.41) is 0. The fourth-order valence-corrected chi connectivity index (χ4v) is 10.8. The second-order valence-electron chi connectivity index (χ2n) is 20.1. The van der Waals surface area contributed by atoms with Crippen LogP contribution in [0.5, 0.6) is 0 Å². The third-order valence-electron chi connectivity index (χ3n) is 15.2. The Morgan fingerprint density at radius 2 is 0.661 bits per heavy atom. The summed E-state index contributed by atoms with van der Waals surface area (Å²) in [6.45, 7) is 9.71. The monoisotopic (exact) mass is 747 g/mol. The van der Waals surface area contributed by atoms with E-state index in [0.717, 1.165) is 58.5 Å². The van der Waals surface area contributed by atoms with E-state index in [1.807, 2.05) is 0 Å². The van der Waals surface area contributed by atoms with Gasteiger partial charge in [-0.25, -0.2) is 0 Å². The topological polar surface area (TPSA) is 0 Å². The molecule has 2 unspecified atom stereocenters. The fourth-order valence-electron chi connectivity index (χ4n) is 10.8. The molecule has 0 aliphatic heterocycles. The van der Waals surface area contributed by atoms with Crippen LogP contribution in [0.25, 0.3) is 0 Å². The maximum Gasteiger partial charge on any atom is 0.0458 e. The summed E-state index contributed by atoms with van der Waals surface area (Å²) in [7, 11) is 0. The van der Waals surface area contributed by atoms with Crippen molar-refractivity contribution in [2.24, 2.45) is 47.3 Å². The molecule has 0 spiro atoms. The molecule has 3 aromatic rings. The summed E-state index contributed by atoms with van der Waals surface area (Å²) in [4.78, 5) is 0. The van der Waals surface area contributed by atoms with Gasteiger partial charge >= 0.3 is 0 Å². The van der Waals surface area contributed by atoms with Crippen molar-refractivity contribution in [3.63, 3.8) is 0 Å². The molecule has 0 bridgehead atoms. The number of rotatable bonds is 10. The van der Waals surface area contributed by atoms with Crippen molar-refractivity contribution in [2.45, 2.75) is 168 Å². The van der Waals surface area contributed by atoms with Gasteiger partial charge in [-0.15, -0.1) is 0 Å². The van der Waals surface area contributed by atoms with Crippen molar-refractivity contribution in [1.29, 1.82) is 0 Å². The molecular weight excluding hydrogens is 673 g/mol. The summed E-state index contributed by atoms with van der Waals surface area (Å²) in [5.74, 6) is 22.4. The van der Waals surface area contributed by atoms with Crippen LogP contribution in [-0.4, -0.2) is 0 Å². The smallest absolute Gasteiger partial charge is 0.0458 e. The molecule has 0 amide bonds. The van der Waals surface area contributed by atoms with Gasteiger partial charge in [-0.3, -0.25) is 0 Å². The maximum absolute atomic E-state index is 3.80. The molecule has 4 saturated carbocycles. The van der Waals surface area contributed by atoms with Crippen LogP contribution in [0.3, 0.4) is 0 Å². The van der Waals surface area contributed by atoms with Gasteiger partial charge in [0.25, 0.3) is 0 Å². The molecule has 0 saturated heterocycles. The lowest BCUT2D eigenvalue weighted by atomic mass is 9.77. The maximum atomic E-state index is 3.80. The van der Waals surface area contributed by atoms with Crippen molar-refractivity contribution >= 4 is 0 Å². The summed E-state index contributed by atoms with van der Waals surface area (Å²) >= 11 is 0. The molecule has 7 rings (SSSR count). The summed E-state index contributed by atoms with van der Waals surface area (Å²) in [6.07, 6.45) is 27.0. The second-order valence-corrected chi connectivity index (χ2v) is 20.1. The number of hydrogen-bond acceptors (Lipinski definition) is 0. The van der Waals surface area contributed by atoms with E-state index < -0.39 is 0 Å². The van der Waals surface area contributed by atoms with Crippen molar-refractivity contribution in [1.82, 2.24) is 0 Å². The lowest BCUT2D eigenvalue weighted by Gasteiger charge is -2.28. The Labute approximate surface area is 343 Å². The zero-order chi connectivity index (χ0) is 38.7. The van der Waals surface area contributed by atoms with E-state index in [4.69, 9.17) is 0 Å². The SMILES string of the molecule is CC1CCC(Cc2ccc(C(C#Cc3ccc(C#CC(CC4CCC(C)CC4)c4ccc(CC5CCC(C)CC5)cc4)cc3)CC3CCC(C)CC3)cc2)CC1. The van der Waals surface area contributed by atoms with Crippen LogP contribution in [0.15, 0.2) is 72.8 Å². The van der Waals surface area contributed by atoms with Gasteiger partial charge in [0.1, 0.15) is 0 Å². The Bertz CT molecular complexity index is 1590. The fraction of sp³-hybridized carbons (Fsp3) is 0.607. The molecule has 0 N–H and O–H groups in total. The first kappa shape index (κ1) is 41.0. The molecule has 2 atom stereocenters. The molecule has 0 nitrogen and oxygen atoms in total. The average Bonchev–Trinajstić information content (AvgIpc) is 3.22. The first-order chi connectivity index (χ1) is 27.3. The molecule has 4 aliphatic rings. The number of benzene rings is 3. The van der Waals surface area contributed by atoms with Gasteiger partial charge in [0, 0.05) is 23.0 Å². The van der Waals surface area contributed by atoms with Crippen molar-refractivity contribution < 1.29 is 0 Å². The third kappa shape index (κ3) is 12.4. The van der Waals surface area contributed by atoms with E-state index in [1.54, 1.807) is 0 Å². The van der Waals surface area contributed by atoms with Gasteiger partial charge in [-0.05, 0) is 145 Å². The summed E-state index contributed by atoms with van der Waals surface area (Å²) < 4.78 is 0. The molecule has 4 fully saturated rings. The quantitative estimate of drug-likeness (QED) is 0.181. The van der Waals surface area contributed by atoms with E-state index in [2.05, 4.69) is 124 Å². The molecule has 298 valence electrons. The van der Waals surface area contributed by atoms with Crippen molar-refractivity contribution in [3.05, 3.63) is 106 Å². The molecule has 0 aromatic heterocycles. The van der Waals surface area contributed by atoms with Crippen LogP contribution in [0.1, 0.15) is 188 Å². The minimum Gasteiger partial charge on any atom is -0.0897 e. The lowest BCUT2D eigenvalue weighted by molar-refractivity contribution is 0.273. The second kappa shape index (κ2) is 20.5. The predicted octanol–water partition coefficient (Wildman–Crippen LogP) is 15.1. The molecule has 56 heavy (non-hydrogen) atoms. The van der Waals surface area contributed by atoms with Crippen LogP contribution >= 0.6 is 0 Å². The van der Waals surface area contributed by atoms with Crippen LogP contribution in [0, 0.1) is 71.0 Å². The minimum atomic E-state index is 0.290. The first-order valence-electron chi connectivity index (χ1n) is 23.6. The Hall–Kier alpha value is -3.22. The zero-order valence-electron chi connectivity index (χ0n) is 35.8. The Morgan fingerprint density at radius 3 is 0.964 bits per heavy atom. The minimum absolute atomic E-state index is 0.290. The Balaban J connectivity index is 1.03. The van der Waals surface area contributed by atoms with Crippen LogP contribution in [0.4, 0.5) is 0 Å². The van der Waals surface area contributed by atoms with E-state index in [1.165, 1.54) is 151 Å². The zero-order valence-corrected chi connectivity index (χ0v) is 35.8. The summed E-state index contributed by atoms with van der Waals surface area (Å²) in [5.41, 5.74) is 8.07. The molecule has 4 aliphatic carbocycles. The van der Waals surface area contributed by atoms with Crippen LogP contribution in [0.2, 0.25) is 0 Å². The Kier molecular flexibility index (Phi) is 15.0. The van der Waals surface area contributed by atoms with Gasteiger partial charge < -0.3 is 0 Å². The predicted molar refractivity (Wildman–Crippen MR) is 240 cm³/mol. The van der Waals surface area contributed by atoms with E-state index >= 15 is 0 Å². The average molecular weight is 747 g/mol. The van der Waals surface area contributed by atoms with Crippen molar-refractivity contribution in [3.8, 4) is 23.7 Å². The van der Waals surface area contributed by atoms with Crippen molar-refractivity contribution in [2.75, 3.05) is 0 Å². The van der Waals surface area contributed by atoms with E-state index in [0.29, 0.717) is 11.8 Å². The normalized spacial score (nSPS) is 29.2. The van der Waals surface area contributed by atoms with Crippen LogP contribution in [-0.2, 0) is 12.8 Å². The van der Waals surface area contributed by atoms with Gasteiger partial charge in [0.15, 0.2) is 0 Å². The van der Waals surface area contributed by atoms with Gasteiger partial charge in [0.05, 0.1) is 0 Å². The van der Waals surface area contributed by atoms with E-state index in [9.17, 15) is 0 Å². The molecule has 0 heteroatoms. The highest BCUT2D eigenvalue weighted by molar-refractivity contribution is 5.45. The molecule has 0 radical (unpaired) electrons.